The van der Waals surface area contributed by atoms with Gasteiger partial charge in [0.2, 0.25) is 5.91 Å². The highest BCUT2D eigenvalue weighted by atomic mass is 32.2. The molecule has 0 saturated carbocycles. The van der Waals surface area contributed by atoms with Crippen molar-refractivity contribution in [3.05, 3.63) is 66.1 Å². The number of benzene rings is 1. The summed E-state index contributed by atoms with van der Waals surface area (Å²) in [5.74, 6) is 1.36. The van der Waals surface area contributed by atoms with Gasteiger partial charge in [0.25, 0.3) is 0 Å². The predicted molar refractivity (Wildman–Crippen MR) is 83.9 cm³/mol. The van der Waals surface area contributed by atoms with Crippen LogP contribution in [0.3, 0.4) is 0 Å². The van der Waals surface area contributed by atoms with Gasteiger partial charge in [0, 0.05) is 34.9 Å². The zero-order valence-corrected chi connectivity index (χ0v) is 12.3. The Hall–Kier alpha value is -2.14. The fraction of sp³-hybridized carbons (Fsp3) is 0.188. The molecule has 21 heavy (non-hydrogen) atoms. The van der Waals surface area contributed by atoms with E-state index < -0.39 is 10.8 Å². The molecule has 2 aromatic rings. The normalized spacial score (nSPS) is 12.4. The van der Waals surface area contributed by atoms with E-state index in [9.17, 15) is 9.00 Å². The summed E-state index contributed by atoms with van der Waals surface area (Å²) in [4.78, 5) is 11.5. The van der Waals surface area contributed by atoms with E-state index in [0.29, 0.717) is 23.8 Å². The molecule has 0 unspecified atom stereocenters. The second-order valence-electron chi connectivity index (χ2n) is 4.41. The Kier molecular flexibility index (Phi) is 5.97. The summed E-state index contributed by atoms with van der Waals surface area (Å²) in [5, 5.41) is 2.70. The third-order valence-corrected chi connectivity index (χ3v) is 4.06. The molecule has 0 aliphatic heterocycles. The summed E-state index contributed by atoms with van der Waals surface area (Å²) in [5.41, 5.74) is 1.04. The first-order chi connectivity index (χ1) is 10.2. The summed E-state index contributed by atoms with van der Waals surface area (Å²) < 4.78 is 16.9. The molecule has 0 aliphatic rings. The van der Waals surface area contributed by atoms with Crippen molar-refractivity contribution in [2.24, 2.45) is 0 Å². The van der Waals surface area contributed by atoms with E-state index in [-0.39, 0.29) is 5.91 Å². The van der Waals surface area contributed by atoms with Gasteiger partial charge in [-0.05, 0) is 23.8 Å². The van der Waals surface area contributed by atoms with Gasteiger partial charge in [-0.3, -0.25) is 9.00 Å². The number of carbonyl (C=O) groups excluding carboxylic acids is 1. The van der Waals surface area contributed by atoms with Gasteiger partial charge in [-0.1, -0.05) is 30.3 Å². The quantitative estimate of drug-likeness (QED) is 0.799. The SMILES string of the molecule is O=C(/C=C/c1ccco1)NCC[S@@](=O)Cc1ccccc1. The molecular formula is C16H17NO3S. The van der Waals surface area contributed by atoms with Crippen LogP contribution in [0.2, 0.25) is 0 Å². The van der Waals surface area contributed by atoms with Crippen molar-refractivity contribution in [3.8, 4) is 0 Å². The minimum absolute atomic E-state index is 0.219. The van der Waals surface area contributed by atoms with Crippen molar-refractivity contribution in [2.45, 2.75) is 5.75 Å². The van der Waals surface area contributed by atoms with E-state index in [1.165, 1.54) is 6.08 Å². The van der Waals surface area contributed by atoms with Crippen LogP contribution in [0.25, 0.3) is 6.08 Å². The second kappa shape index (κ2) is 8.21. The summed E-state index contributed by atoms with van der Waals surface area (Å²) in [7, 11) is -0.978. The summed E-state index contributed by atoms with van der Waals surface area (Å²) in [6, 6.07) is 13.2. The zero-order chi connectivity index (χ0) is 14.9. The minimum atomic E-state index is -0.978. The van der Waals surface area contributed by atoms with Crippen LogP contribution < -0.4 is 5.32 Å². The van der Waals surface area contributed by atoms with E-state index >= 15 is 0 Å². The zero-order valence-electron chi connectivity index (χ0n) is 11.5. The maximum Gasteiger partial charge on any atom is 0.244 e. The van der Waals surface area contributed by atoms with Crippen molar-refractivity contribution in [1.29, 1.82) is 0 Å². The molecule has 1 atom stereocenters. The molecule has 0 aliphatic carbocycles. The molecule has 2 rings (SSSR count). The second-order valence-corrected chi connectivity index (χ2v) is 5.99. The summed E-state index contributed by atoms with van der Waals surface area (Å²) >= 11 is 0. The number of nitrogens with one attached hydrogen (secondary N) is 1. The molecule has 5 heteroatoms. The average Bonchev–Trinajstić information content (AvgIpc) is 2.99. The van der Waals surface area contributed by atoms with E-state index in [4.69, 9.17) is 4.42 Å². The van der Waals surface area contributed by atoms with Crippen molar-refractivity contribution in [2.75, 3.05) is 12.3 Å². The molecule has 0 radical (unpaired) electrons. The molecular weight excluding hydrogens is 286 g/mol. The number of hydrogen-bond donors (Lipinski definition) is 1. The third kappa shape index (κ3) is 5.79. The van der Waals surface area contributed by atoms with Crippen LogP contribution in [-0.2, 0) is 21.3 Å². The van der Waals surface area contributed by atoms with E-state index in [1.807, 2.05) is 30.3 Å². The first kappa shape index (κ1) is 15.3. The standard InChI is InChI=1S/C16H17NO3S/c18-16(9-8-15-7-4-11-20-15)17-10-12-21(19)13-14-5-2-1-3-6-14/h1-9,11H,10,12-13H2,(H,17,18)/b9-8+/t21-/m1/s1. The molecule has 4 nitrogen and oxygen atoms in total. The molecule has 1 aromatic carbocycles. The number of carbonyl (C=O) groups is 1. The van der Waals surface area contributed by atoms with Crippen molar-refractivity contribution in [1.82, 2.24) is 5.32 Å². The van der Waals surface area contributed by atoms with Crippen LogP contribution in [0.5, 0.6) is 0 Å². The highest BCUT2D eigenvalue weighted by Gasteiger charge is 2.02. The lowest BCUT2D eigenvalue weighted by Gasteiger charge is -2.03. The maximum absolute atomic E-state index is 11.9. The molecule has 1 heterocycles. The Morgan fingerprint density at radius 3 is 2.71 bits per heavy atom. The van der Waals surface area contributed by atoms with Crippen LogP contribution in [0.15, 0.2) is 59.2 Å². The number of hydrogen-bond acceptors (Lipinski definition) is 3. The average molecular weight is 303 g/mol. The fourth-order valence-corrected chi connectivity index (χ4v) is 2.76. The fourth-order valence-electron chi connectivity index (χ4n) is 1.72. The Morgan fingerprint density at radius 2 is 2.00 bits per heavy atom. The smallest absolute Gasteiger partial charge is 0.244 e. The van der Waals surface area contributed by atoms with Gasteiger partial charge in [-0.2, -0.15) is 0 Å². The molecule has 110 valence electrons. The van der Waals surface area contributed by atoms with Crippen LogP contribution >= 0.6 is 0 Å². The Balaban J connectivity index is 1.67. The highest BCUT2D eigenvalue weighted by Crippen LogP contribution is 2.03. The highest BCUT2D eigenvalue weighted by molar-refractivity contribution is 7.84. The maximum atomic E-state index is 11.9. The molecule has 0 fully saturated rings. The first-order valence-electron chi connectivity index (χ1n) is 6.62. The van der Waals surface area contributed by atoms with E-state index in [2.05, 4.69) is 5.32 Å². The van der Waals surface area contributed by atoms with Gasteiger partial charge < -0.3 is 9.73 Å². The summed E-state index contributed by atoms with van der Waals surface area (Å²) in [6.07, 6.45) is 4.54. The Labute approximate surface area is 126 Å². The van der Waals surface area contributed by atoms with E-state index in [0.717, 1.165) is 5.56 Å². The third-order valence-electron chi connectivity index (χ3n) is 2.74. The number of furan rings is 1. The van der Waals surface area contributed by atoms with Gasteiger partial charge >= 0.3 is 0 Å². The molecule has 0 spiro atoms. The van der Waals surface area contributed by atoms with Gasteiger partial charge in [0.15, 0.2) is 0 Å². The topological polar surface area (TPSA) is 59.3 Å². The van der Waals surface area contributed by atoms with Gasteiger partial charge in [-0.25, -0.2) is 0 Å². The largest absolute Gasteiger partial charge is 0.465 e. The monoisotopic (exact) mass is 303 g/mol. The first-order valence-corrected chi connectivity index (χ1v) is 8.11. The lowest BCUT2D eigenvalue weighted by Crippen LogP contribution is -2.26. The lowest BCUT2D eigenvalue weighted by molar-refractivity contribution is -0.116. The van der Waals surface area contributed by atoms with Gasteiger partial charge in [0.05, 0.1) is 6.26 Å². The van der Waals surface area contributed by atoms with Crippen molar-refractivity contribution in [3.63, 3.8) is 0 Å². The van der Waals surface area contributed by atoms with Crippen LogP contribution in [0.1, 0.15) is 11.3 Å². The van der Waals surface area contributed by atoms with E-state index in [1.54, 1.807) is 24.5 Å². The number of rotatable bonds is 7. The van der Waals surface area contributed by atoms with Crippen LogP contribution in [0, 0.1) is 0 Å². The Bertz CT molecular complexity index is 606. The predicted octanol–water partition coefficient (Wildman–Crippen LogP) is 2.36. The molecule has 0 saturated heterocycles. The van der Waals surface area contributed by atoms with Crippen LogP contribution in [0.4, 0.5) is 0 Å². The lowest BCUT2D eigenvalue weighted by atomic mass is 10.2. The van der Waals surface area contributed by atoms with Crippen LogP contribution in [-0.4, -0.2) is 22.4 Å². The van der Waals surface area contributed by atoms with Gasteiger partial charge in [0.1, 0.15) is 5.76 Å². The molecule has 1 N–H and O–H groups in total. The molecule has 1 amide bonds. The molecule has 0 bridgehead atoms. The minimum Gasteiger partial charge on any atom is -0.465 e. The van der Waals surface area contributed by atoms with Gasteiger partial charge in [-0.15, -0.1) is 0 Å². The summed E-state index contributed by atoms with van der Waals surface area (Å²) in [6.45, 7) is 0.390. The number of amides is 1. The Morgan fingerprint density at radius 1 is 1.19 bits per heavy atom. The van der Waals surface area contributed by atoms with Crippen molar-refractivity contribution >= 4 is 22.8 Å². The molecule has 1 aromatic heterocycles. The van der Waals surface area contributed by atoms with Crippen molar-refractivity contribution < 1.29 is 13.4 Å².